The van der Waals surface area contributed by atoms with Crippen LogP contribution in [-0.4, -0.2) is 4.98 Å². The molecule has 0 saturated heterocycles. The summed E-state index contributed by atoms with van der Waals surface area (Å²) in [5.74, 6) is 0.479. The lowest BCUT2D eigenvalue weighted by Crippen LogP contribution is -2.03. The van der Waals surface area contributed by atoms with Gasteiger partial charge in [0.15, 0.2) is 0 Å². The lowest BCUT2D eigenvalue weighted by Gasteiger charge is -2.07. The second-order valence-electron chi connectivity index (χ2n) is 6.04. The number of para-hydroxylation sites is 1. The molecular formula is C22H13NO3. The Morgan fingerprint density at radius 1 is 0.769 bits per heavy atom. The monoisotopic (exact) mass is 339 g/mol. The molecule has 0 spiro atoms. The number of benzene rings is 3. The molecule has 0 aliphatic carbocycles. The zero-order chi connectivity index (χ0) is 17.5. The van der Waals surface area contributed by atoms with Gasteiger partial charge in [-0.05, 0) is 29.0 Å². The molecular weight excluding hydrogens is 326 g/mol. The van der Waals surface area contributed by atoms with Crippen molar-refractivity contribution in [3.05, 3.63) is 89.3 Å². The van der Waals surface area contributed by atoms with Crippen molar-refractivity contribution in [2.24, 2.45) is 0 Å². The van der Waals surface area contributed by atoms with E-state index in [0.29, 0.717) is 11.5 Å². The van der Waals surface area contributed by atoms with E-state index in [1.54, 1.807) is 18.2 Å². The van der Waals surface area contributed by atoms with Crippen LogP contribution < -0.4 is 10.4 Å². The van der Waals surface area contributed by atoms with Crippen molar-refractivity contribution in [3.8, 4) is 11.6 Å². The summed E-state index contributed by atoms with van der Waals surface area (Å²) in [7, 11) is 0. The largest absolute Gasteiger partial charge is 0.431 e. The van der Waals surface area contributed by atoms with Crippen molar-refractivity contribution >= 4 is 32.6 Å². The first-order chi connectivity index (χ1) is 12.8. The number of nitrogens with zero attached hydrogens (tertiary/aromatic N) is 1. The van der Waals surface area contributed by atoms with Gasteiger partial charge in [0.2, 0.25) is 11.6 Å². The summed E-state index contributed by atoms with van der Waals surface area (Å²) < 4.78 is 11.2. The van der Waals surface area contributed by atoms with Crippen molar-refractivity contribution in [2.45, 2.75) is 0 Å². The highest BCUT2D eigenvalue weighted by Crippen LogP contribution is 2.28. The van der Waals surface area contributed by atoms with E-state index < -0.39 is 5.63 Å². The maximum Gasteiger partial charge on any atom is 0.379 e. The third kappa shape index (κ3) is 2.40. The Morgan fingerprint density at radius 3 is 2.46 bits per heavy atom. The van der Waals surface area contributed by atoms with Crippen LogP contribution in [0, 0.1) is 0 Å². The predicted octanol–water partition coefficient (Wildman–Crippen LogP) is 5.29. The Morgan fingerprint density at radius 2 is 1.54 bits per heavy atom. The first-order valence-corrected chi connectivity index (χ1v) is 8.27. The SMILES string of the molecule is O=c1oc2ccc3ccccc3c2cc1Oc1ccc2ccccc2n1. The molecule has 2 aromatic heterocycles. The van der Waals surface area contributed by atoms with Gasteiger partial charge in [0.1, 0.15) is 5.58 Å². The standard InChI is InChI=1S/C22H13NO3/c24-22-20(25-21-12-10-15-6-2-4-8-18(15)23-21)13-17-16-7-3-1-5-14(16)9-11-19(17)26-22/h1-13H. The summed E-state index contributed by atoms with van der Waals surface area (Å²) in [6.45, 7) is 0. The Balaban J connectivity index is 1.66. The smallest absolute Gasteiger partial charge is 0.379 e. The molecule has 0 saturated carbocycles. The molecule has 26 heavy (non-hydrogen) atoms. The van der Waals surface area contributed by atoms with Crippen molar-refractivity contribution in [1.29, 1.82) is 0 Å². The van der Waals surface area contributed by atoms with Crippen LogP contribution in [0.5, 0.6) is 11.6 Å². The van der Waals surface area contributed by atoms with Gasteiger partial charge in [0, 0.05) is 22.9 Å². The summed E-state index contributed by atoms with van der Waals surface area (Å²) in [6.07, 6.45) is 0. The zero-order valence-corrected chi connectivity index (χ0v) is 13.7. The first kappa shape index (κ1) is 14.7. The van der Waals surface area contributed by atoms with E-state index in [4.69, 9.17) is 9.15 Å². The fourth-order valence-electron chi connectivity index (χ4n) is 3.14. The highest BCUT2D eigenvalue weighted by Gasteiger charge is 2.11. The zero-order valence-electron chi connectivity index (χ0n) is 13.7. The predicted molar refractivity (Wildman–Crippen MR) is 102 cm³/mol. The molecule has 5 rings (SSSR count). The third-order valence-corrected chi connectivity index (χ3v) is 4.40. The minimum atomic E-state index is -0.525. The van der Waals surface area contributed by atoms with Crippen molar-refractivity contribution in [2.75, 3.05) is 0 Å². The van der Waals surface area contributed by atoms with Crippen LogP contribution in [0.25, 0.3) is 32.6 Å². The Labute approximate surface area is 148 Å². The molecule has 0 aliphatic heterocycles. The van der Waals surface area contributed by atoms with Crippen LogP contribution in [0.3, 0.4) is 0 Å². The molecule has 4 heteroatoms. The van der Waals surface area contributed by atoms with Crippen molar-refractivity contribution in [3.63, 3.8) is 0 Å². The van der Waals surface area contributed by atoms with Gasteiger partial charge in [-0.3, -0.25) is 0 Å². The van der Waals surface area contributed by atoms with E-state index in [2.05, 4.69) is 4.98 Å². The molecule has 3 aromatic carbocycles. The molecule has 0 bridgehead atoms. The van der Waals surface area contributed by atoms with Crippen LogP contribution >= 0.6 is 0 Å². The van der Waals surface area contributed by atoms with Crippen LogP contribution in [0.4, 0.5) is 0 Å². The van der Waals surface area contributed by atoms with Crippen LogP contribution in [0.1, 0.15) is 0 Å². The molecule has 5 aromatic rings. The average molecular weight is 339 g/mol. The average Bonchev–Trinajstić information content (AvgIpc) is 2.68. The second-order valence-corrected chi connectivity index (χ2v) is 6.04. The topological polar surface area (TPSA) is 52.3 Å². The van der Waals surface area contributed by atoms with Gasteiger partial charge < -0.3 is 9.15 Å². The van der Waals surface area contributed by atoms with Gasteiger partial charge in [-0.2, -0.15) is 0 Å². The number of hydrogen-bond donors (Lipinski definition) is 0. The lowest BCUT2D eigenvalue weighted by atomic mass is 10.1. The van der Waals surface area contributed by atoms with E-state index in [1.807, 2.05) is 60.7 Å². The first-order valence-electron chi connectivity index (χ1n) is 8.27. The van der Waals surface area contributed by atoms with Gasteiger partial charge in [-0.15, -0.1) is 0 Å². The minimum absolute atomic E-state index is 0.122. The third-order valence-electron chi connectivity index (χ3n) is 4.40. The lowest BCUT2D eigenvalue weighted by molar-refractivity contribution is 0.425. The van der Waals surface area contributed by atoms with Gasteiger partial charge >= 0.3 is 5.63 Å². The number of aromatic nitrogens is 1. The van der Waals surface area contributed by atoms with E-state index >= 15 is 0 Å². The number of ether oxygens (including phenoxy) is 1. The number of pyridine rings is 1. The van der Waals surface area contributed by atoms with Crippen molar-refractivity contribution in [1.82, 2.24) is 4.98 Å². The summed E-state index contributed by atoms with van der Waals surface area (Å²) in [5, 5.41) is 3.92. The molecule has 124 valence electrons. The van der Waals surface area contributed by atoms with Crippen LogP contribution in [-0.2, 0) is 0 Å². The molecule has 0 fully saturated rings. The Bertz CT molecular complexity index is 1340. The summed E-state index contributed by atoms with van der Waals surface area (Å²) in [4.78, 5) is 16.8. The molecule has 0 N–H and O–H groups in total. The summed E-state index contributed by atoms with van der Waals surface area (Å²) >= 11 is 0. The van der Waals surface area contributed by atoms with Crippen molar-refractivity contribution < 1.29 is 9.15 Å². The second kappa shape index (κ2) is 5.70. The van der Waals surface area contributed by atoms with Crippen LogP contribution in [0.2, 0.25) is 0 Å². The summed E-state index contributed by atoms with van der Waals surface area (Å²) in [5.41, 5.74) is 0.816. The van der Waals surface area contributed by atoms with E-state index in [0.717, 1.165) is 27.1 Å². The maximum absolute atomic E-state index is 12.3. The van der Waals surface area contributed by atoms with E-state index in [9.17, 15) is 4.79 Å². The van der Waals surface area contributed by atoms with E-state index in [-0.39, 0.29) is 5.75 Å². The van der Waals surface area contributed by atoms with Gasteiger partial charge in [0.05, 0.1) is 5.52 Å². The maximum atomic E-state index is 12.3. The number of rotatable bonds is 2. The minimum Gasteiger partial charge on any atom is -0.431 e. The highest BCUT2D eigenvalue weighted by molar-refractivity contribution is 6.05. The highest BCUT2D eigenvalue weighted by atomic mass is 16.5. The van der Waals surface area contributed by atoms with Gasteiger partial charge in [-0.1, -0.05) is 48.5 Å². The van der Waals surface area contributed by atoms with Gasteiger partial charge in [0.25, 0.3) is 0 Å². The number of hydrogen-bond acceptors (Lipinski definition) is 4. The molecule has 4 nitrogen and oxygen atoms in total. The Hall–Kier alpha value is -3.66. The molecule has 2 heterocycles. The molecule has 0 amide bonds. The quantitative estimate of drug-likeness (QED) is 0.324. The fraction of sp³-hybridized carbons (Fsp3) is 0. The molecule has 0 unspecified atom stereocenters. The molecule has 0 radical (unpaired) electrons. The summed E-state index contributed by atoms with van der Waals surface area (Å²) in [6, 6.07) is 24.8. The van der Waals surface area contributed by atoms with E-state index in [1.165, 1.54) is 0 Å². The number of fused-ring (bicyclic) bond motifs is 4. The van der Waals surface area contributed by atoms with Crippen LogP contribution in [0.15, 0.2) is 88.1 Å². The van der Waals surface area contributed by atoms with Gasteiger partial charge in [-0.25, -0.2) is 9.78 Å². The fourth-order valence-corrected chi connectivity index (χ4v) is 3.14. The Kier molecular flexibility index (Phi) is 3.22. The normalized spacial score (nSPS) is 11.2. The molecule has 0 atom stereocenters. The molecule has 0 aliphatic rings.